The maximum atomic E-state index is 12.0. The van der Waals surface area contributed by atoms with Crippen molar-refractivity contribution >= 4 is 34.5 Å². The molecule has 92 valence electrons. The summed E-state index contributed by atoms with van der Waals surface area (Å²) < 4.78 is 0. The lowest BCUT2D eigenvalue weighted by Crippen LogP contribution is -2.14. The number of thiazole rings is 1. The normalized spacial score (nSPS) is 9.83. The van der Waals surface area contributed by atoms with Gasteiger partial charge in [0.25, 0.3) is 5.91 Å². The molecule has 0 spiro atoms. The van der Waals surface area contributed by atoms with Crippen LogP contribution in [0.5, 0.6) is 0 Å². The minimum absolute atomic E-state index is 0.239. The van der Waals surface area contributed by atoms with Crippen LogP contribution < -0.4 is 10.6 Å². The van der Waals surface area contributed by atoms with E-state index in [2.05, 4.69) is 15.6 Å². The number of anilines is 2. The summed E-state index contributed by atoms with van der Waals surface area (Å²) in [6.45, 7) is 1.78. The summed E-state index contributed by atoms with van der Waals surface area (Å²) in [5.74, 6) is -0.239. The van der Waals surface area contributed by atoms with Crippen molar-refractivity contribution in [1.82, 2.24) is 4.98 Å². The highest BCUT2D eigenvalue weighted by molar-refractivity contribution is 7.13. The monoisotopic (exact) mass is 261 g/mol. The van der Waals surface area contributed by atoms with Crippen molar-refractivity contribution < 1.29 is 9.59 Å². The molecule has 0 aliphatic carbocycles. The molecule has 6 heteroatoms. The van der Waals surface area contributed by atoms with Crippen molar-refractivity contribution in [1.29, 1.82) is 0 Å². The summed E-state index contributed by atoms with van der Waals surface area (Å²) in [6.07, 6.45) is 2.21. The summed E-state index contributed by atoms with van der Waals surface area (Å²) in [6, 6.07) is 5.16. The van der Waals surface area contributed by atoms with Crippen LogP contribution in [0.4, 0.5) is 10.8 Å². The van der Waals surface area contributed by atoms with Gasteiger partial charge in [-0.05, 0) is 24.6 Å². The van der Waals surface area contributed by atoms with Crippen molar-refractivity contribution in [2.45, 2.75) is 6.92 Å². The molecule has 0 saturated carbocycles. The molecule has 2 amide bonds. The van der Waals surface area contributed by atoms with Crippen LogP contribution in [0, 0.1) is 6.92 Å². The molecule has 0 aliphatic heterocycles. The molecule has 18 heavy (non-hydrogen) atoms. The van der Waals surface area contributed by atoms with Gasteiger partial charge in [-0.25, -0.2) is 4.98 Å². The van der Waals surface area contributed by atoms with Crippen molar-refractivity contribution in [2.75, 3.05) is 10.6 Å². The van der Waals surface area contributed by atoms with E-state index in [0.717, 1.165) is 5.56 Å². The molecule has 2 aromatic rings. The topological polar surface area (TPSA) is 71.1 Å². The lowest BCUT2D eigenvalue weighted by atomic mass is 10.1. The Bertz CT molecular complexity index is 567. The SMILES string of the molecule is Cc1c(NC=O)cccc1C(=O)Nc1nccs1. The van der Waals surface area contributed by atoms with Crippen LogP contribution in [0.15, 0.2) is 29.8 Å². The highest BCUT2D eigenvalue weighted by Gasteiger charge is 2.12. The van der Waals surface area contributed by atoms with Gasteiger partial charge in [0.15, 0.2) is 5.13 Å². The predicted molar refractivity (Wildman–Crippen MR) is 70.9 cm³/mol. The number of hydrogen-bond donors (Lipinski definition) is 2. The van der Waals surface area contributed by atoms with Crippen molar-refractivity contribution in [3.05, 3.63) is 40.9 Å². The second kappa shape index (κ2) is 5.42. The first-order valence-corrected chi connectivity index (χ1v) is 6.11. The molecule has 2 N–H and O–H groups in total. The fraction of sp³-hybridized carbons (Fsp3) is 0.0833. The van der Waals surface area contributed by atoms with Crippen LogP contribution in [0.3, 0.4) is 0 Å². The zero-order valence-electron chi connectivity index (χ0n) is 9.64. The van der Waals surface area contributed by atoms with Gasteiger partial charge in [0.2, 0.25) is 6.41 Å². The third kappa shape index (κ3) is 2.54. The zero-order valence-corrected chi connectivity index (χ0v) is 10.5. The summed E-state index contributed by atoms with van der Waals surface area (Å²) in [4.78, 5) is 26.5. The highest BCUT2D eigenvalue weighted by atomic mass is 32.1. The van der Waals surface area contributed by atoms with Crippen LogP contribution in [0.1, 0.15) is 15.9 Å². The van der Waals surface area contributed by atoms with Crippen LogP contribution in [-0.4, -0.2) is 17.3 Å². The van der Waals surface area contributed by atoms with Crippen molar-refractivity contribution in [3.8, 4) is 0 Å². The van der Waals surface area contributed by atoms with Gasteiger partial charge >= 0.3 is 0 Å². The maximum Gasteiger partial charge on any atom is 0.257 e. The van der Waals surface area contributed by atoms with Gasteiger partial charge in [0.05, 0.1) is 0 Å². The lowest BCUT2D eigenvalue weighted by molar-refractivity contribution is -0.105. The van der Waals surface area contributed by atoms with Crippen LogP contribution >= 0.6 is 11.3 Å². The van der Waals surface area contributed by atoms with E-state index >= 15 is 0 Å². The molecule has 5 nitrogen and oxygen atoms in total. The Morgan fingerprint density at radius 1 is 1.44 bits per heavy atom. The average Bonchev–Trinajstić information content (AvgIpc) is 2.85. The molecule has 0 bridgehead atoms. The smallest absolute Gasteiger partial charge is 0.257 e. The van der Waals surface area contributed by atoms with E-state index < -0.39 is 0 Å². The Morgan fingerprint density at radius 3 is 2.94 bits per heavy atom. The molecular weight excluding hydrogens is 250 g/mol. The van der Waals surface area contributed by atoms with Gasteiger partial charge in [-0.15, -0.1) is 11.3 Å². The first-order valence-electron chi connectivity index (χ1n) is 5.23. The van der Waals surface area contributed by atoms with Gasteiger partial charge in [-0.2, -0.15) is 0 Å². The molecule has 1 aromatic heterocycles. The van der Waals surface area contributed by atoms with E-state index in [1.807, 2.05) is 0 Å². The van der Waals surface area contributed by atoms with Crippen LogP contribution in [0.2, 0.25) is 0 Å². The molecular formula is C12H11N3O2S. The Morgan fingerprint density at radius 2 is 2.28 bits per heavy atom. The quantitative estimate of drug-likeness (QED) is 0.829. The summed E-state index contributed by atoms with van der Waals surface area (Å²) in [7, 11) is 0. The van der Waals surface area contributed by atoms with Gasteiger partial charge < -0.3 is 5.32 Å². The molecule has 1 aromatic carbocycles. The zero-order chi connectivity index (χ0) is 13.0. The van der Waals surface area contributed by atoms with Gasteiger partial charge in [0, 0.05) is 22.8 Å². The number of nitrogens with zero attached hydrogens (tertiary/aromatic N) is 1. The molecule has 2 rings (SSSR count). The minimum atomic E-state index is -0.239. The number of amides is 2. The Labute approximate surface area is 108 Å². The first-order chi connectivity index (χ1) is 8.72. The maximum absolute atomic E-state index is 12.0. The second-order valence-corrected chi connectivity index (χ2v) is 4.43. The second-order valence-electron chi connectivity index (χ2n) is 3.53. The lowest BCUT2D eigenvalue weighted by Gasteiger charge is -2.09. The molecule has 0 aliphatic rings. The van der Waals surface area contributed by atoms with Crippen molar-refractivity contribution in [2.24, 2.45) is 0 Å². The molecule has 0 unspecified atom stereocenters. The fourth-order valence-corrected chi connectivity index (χ4v) is 2.08. The van der Waals surface area contributed by atoms with Gasteiger partial charge in [-0.3, -0.25) is 14.9 Å². The number of nitrogens with one attached hydrogen (secondary N) is 2. The van der Waals surface area contributed by atoms with Crippen LogP contribution in [-0.2, 0) is 4.79 Å². The molecule has 1 heterocycles. The molecule has 0 radical (unpaired) electrons. The van der Waals surface area contributed by atoms with Crippen LogP contribution in [0.25, 0.3) is 0 Å². The van der Waals surface area contributed by atoms with E-state index in [1.165, 1.54) is 11.3 Å². The number of aromatic nitrogens is 1. The van der Waals surface area contributed by atoms with E-state index in [-0.39, 0.29) is 5.91 Å². The Kier molecular flexibility index (Phi) is 3.69. The number of carbonyl (C=O) groups is 2. The number of carbonyl (C=O) groups excluding carboxylic acids is 2. The number of benzene rings is 1. The van der Waals surface area contributed by atoms with E-state index in [4.69, 9.17) is 0 Å². The Balaban J connectivity index is 2.25. The molecule has 0 saturated heterocycles. The third-order valence-corrected chi connectivity index (χ3v) is 3.13. The van der Waals surface area contributed by atoms with E-state index in [0.29, 0.717) is 22.8 Å². The summed E-state index contributed by atoms with van der Waals surface area (Å²) in [5.41, 5.74) is 1.85. The standard InChI is InChI=1S/C12H11N3O2S/c1-8-9(3-2-4-10(8)14-7-16)11(17)15-12-13-5-6-18-12/h2-7H,1H3,(H,14,16)(H,13,15,17). The van der Waals surface area contributed by atoms with Gasteiger partial charge in [-0.1, -0.05) is 6.07 Å². The fourth-order valence-electron chi connectivity index (χ4n) is 1.55. The minimum Gasteiger partial charge on any atom is -0.328 e. The highest BCUT2D eigenvalue weighted by Crippen LogP contribution is 2.20. The number of hydrogen-bond acceptors (Lipinski definition) is 4. The molecule has 0 atom stereocenters. The summed E-state index contributed by atoms with van der Waals surface area (Å²) >= 11 is 1.35. The summed E-state index contributed by atoms with van der Waals surface area (Å²) in [5, 5.41) is 7.59. The number of rotatable bonds is 4. The largest absolute Gasteiger partial charge is 0.328 e. The van der Waals surface area contributed by atoms with E-state index in [1.54, 1.807) is 36.7 Å². The third-order valence-electron chi connectivity index (χ3n) is 2.45. The van der Waals surface area contributed by atoms with Crippen molar-refractivity contribution in [3.63, 3.8) is 0 Å². The molecule has 0 fully saturated rings. The first kappa shape index (κ1) is 12.3. The predicted octanol–water partition coefficient (Wildman–Crippen LogP) is 2.27. The van der Waals surface area contributed by atoms with E-state index in [9.17, 15) is 9.59 Å². The average molecular weight is 261 g/mol. The van der Waals surface area contributed by atoms with Gasteiger partial charge in [0.1, 0.15) is 0 Å². The Hall–Kier alpha value is -2.21.